The van der Waals surface area contributed by atoms with Gasteiger partial charge in [-0.05, 0) is 11.5 Å². The van der Waals surface area contributed by atoms with Gasteiger partial charge in [0.1, 0.15) is 0 Å². The van der Waals surface area contributed by atoms with Gasteiger partial charge in [0.05, 0.1) is 0 Å². The molecule has 3 nitrogen and oxygen atoms in total. The molecule has 0 rings (SSSR count). The van der Waals surface area contributed by atoms with Crippen molar-refractivity contribution in [2.45, 2.75) is 33.6 Å². The Morgan fingerprint density at radius 1 is 1.31 bits per heavy atom. The van der Waals surface area contributed by atoms with Crippen LogP contribution >= 0.6 is 0 Å². The van der Waals surface area contributed by atoms with E-state index in [1.54, 1.807) is 0 Å². The molecule has 74 valence electrons. The van der Waals surface area contributed by atoms with E-state index < -0.39 is 5.97 Å². The average Bonchev–Trinajstić information content (AvgIpc) is 2.00. The summed E-state index contributed by atoms with van der Waals surface area (Å²) in [6.07, 6.45) is 3.31. The Labute approximate surface area is 78.5 Å². The molecule has 0 heterocycles. The molecule has 0 aromatic rings. The van der Waals surface area contributed by atoms with Crippen molar-refractivity contribution < 1.29 is 14.7 Å². The standard InChI is InChI=1S/C10H16O3/c1-4-10(2,3)7-8(11)5-6-9(12)13/h5-6H,4,7H2,1-3H3,(H,12,13). The van der Waals surface area contributed by atoms with E-state index >= 15 is 0 Å². The van der Waals surface area contributed by atoms with Gasteiger partial charge in [0.2, 0.25) is 0 Å². The van der Waals surface area contributed by atoms with Crippen LogP contribution in [0.1, 0.15) is 33.6 Å². The first-order valence-corrected chi connectivity index (χ1v) is 4.31. The molecular formula is C10H16O3. The highest BCUT2D eigenvalue weighted by atomic mass is 16.4. The second kappa shape index (κ2) is 4.80. The van der Waals surface area contributed by atoms with E-state index in [1.807, 2.05) is 20.8 Å². The number of carbonyl (C=O) groups is 2. The zero-order valence-corrected chi connectivity index (χ0v) is 8.33. The van der Waals surface area contributed by atoms with Crippen LogP contribution < -0.4 is 0 Å². The van der Waals surface area contributed by atoms with Crippen molar-refractivity contribution in [3.63, 3.8) is 0 Å². The summed E-state index contributed by atoms with van der Waals surface area (Å²) in [4.78, 5) is 21.3. The summed E-state index contributed by atoms with van der Waals surface area (Å²) in [6.45, 7) is 5.98. The van der Waals surface area contributed by atoms with Gasteiger partial charge in [-0.15, -0.1) is 0 Å². The Balaban J connectivity index is 4.09. The van der Waals surface area contributed by atoms with E-state index in [2.05, 4.69) is 0 Å². The summed E-state index contributed by atoms with van der Waals surface area (Å²) < 4.78 is 0. The van der Waals surface area contributed by atoms with Crippen LogP contribution in [-0.4, -0.2) is 16.9 Å². The van der Waals surface area contributed by atoms with Crippen LogP contribution in [0.25, 0.3) is 0 Å². The van der Waals surface area contributed by atoms with Crippen molar-refractivity contribution in [1.29, 1.82) is 0 Å². The lowest BCUT2D eigenvalue weighted by molar-refractivity contribution is -0.131. The van der Waals surface area contributed by atoms with Crippen LogP contribution in [0.4, 0.5) is 0 Å². The molecule has 0 radical (unpaired) electrons. The largest absolute Gasteiger partial charge is 0.478 e. The normalized spacial score (nSPS) is 11.9. The highest BCUT2D eigenvalue weighted by Gasteiger charge is 2.17. The van der Waals surface area contributed by atoms with E-state index in [1.165, 1.54) is 0 Å². The van der Waals surface area contributed by atoms with Crippen LogP contribution in [0.5, 0.6) is 0 Å². The van der Waals surface area contributed by atoms with Gasteiger partial charge < -0.3 is 5.11 Å². The first-order chi connectivity index (χ1) is 5.87. The number of rotatable bonds is 5. The first kappa shape index (κ1) is 11.9. The second-order valence-corrected chi connectivity index (χ2v) is 3.83. The maximum absolute atomic E-state index is 11.2. The molecule has 0 fully saturated rings. The van der Waals surface area contributed by atoms with Crippen molar-refractivity contribution in [3.05, 3.63) is 12.2 Å². The predicted molar refractivity (Wildman–Crippen MR) is 50.5 cm³/mol. The van der Waals surface area contributed by atoms with E-state index in [-0.39, 0.29) is 11.2 Å². The van der Waals surface area contributed by atoms with Gasteiger partial charge in [-0.1, -0.05) is 27.2 Å². The number of carbonyl (C=O) groups excluding carboxylic acids is 1. The summed E-state index contributed by atoms with van der Waals surface area (Å²) in [5.74, 6) is -1.21. The molecule has 0 saturated carbocycles. The third kappa shape index (κ3) is 6.08. The third-order valence-corrected chi connectivity index (χ3v) is 2.02. The number of ketones is 1. The van der Waals surface area contributed by atoms with E-state index in [9.17, 15) is 9.59 Å². The Morgan fingerprint density at radius 3 is 2.23 bits per heavy atom. The van der Waals surface area contributed by atoms with Crippen LogP contribution in [-0.2, 0) is 9.59 Å². The molecule has 0 amide bonds. The molecule has 0 unspecified atom stereocenters. The van der Waals surface area contributed by atoms with Gasteiger partial charge in [-0.25, -0.2) is 4.79 Å². The number of carboxylic acid groups (broad SMARTS) is 1. The molecule has 0 aliphatic rings. The average molecular weight is 184 g/mol. The van der Waals surface area contributed by atoms with Crippen LogP contribution in [0, 0.1) is 5.41 Å². The fourth-order valence-corrected chi connectivity index (χ4v) is 0.820. The van der Waals surface area contributed by atoms with Crippen LogP contribution in [0.2, 0.25) is 0 Å². The lowest BCUT2D eigenvalue weighted by Gasteiger charge is -2.20. The van der Waals surface area contributed by atoms with E-state index in [4.69, 9.17) is 5.11 Å². The topological polar surface area (TPSA) is 54.4 Å². The van der Waals surface area contributed by atoms with Gasteiger partial charge >= 0.3 is 5.97 Å². The molecule has 0 atom stereocenters. The quantitative estimate of drug-likeness (QED) is 0.665. The zero-order chi connectivity index (χ0) is 10.5. The Kier molecular flexibility index (Phi) is 4.38. The lowest BCUT2D eigenvalue weighted by atomic mass is 9.85. The molecule has 0 bridgehead atoms. The van der Waals surface area contributed by atoms with Gasteiger partial charge in [0.15, 0.2) is 5.78 Å². The number of hydrogen-bond donors (Lipinski definition) is 1. The number of hydrogen-bond acceptors (Lipinski definition) is 2. The highest BCUT2D eigenvalue weighted by molar-refractivity contribution is 5.95. The molecule has 0 aromatic carbocycles. The summed E-state index contributed by atoms with van der Waals surface area (Å²) in [6, 6.07) is 0. The first-order valence-electron chi connectivity index (χ1n) is 4.31. The maximum atomic E-state index is 11.2. The minimum absolute atomic E-state index is 0.0417. The molecule has 0 aliphatic heterocycles. The molecule has 0 spiro atoms. The molecular weight excluding hydrogens is 168 g/mol. The van der Waals surface area contributed by atoms with E-state index in [0.717, 1.165) is 18.6 Å². The predicted octanol–water partition coefficient (Wildman–Crippen LogP) is 2.02. The van der Waals surface area contributed by atoms with Crippen LogP contribution in [0.15, 0.2) is 12.2 Å². The summed E-state index contributed by atoms with van der Waals surface area (Å²) >= 11 is 0. The lowest BCUT2D eigenvalue weighted by Crippen LogP contribution is -2.14. The Morgan fingerprint density at radius 2 is 1.85 bits per heavy atom. The maximum Gasteiger partial charge on any atom is 0.328 e. The van der Waals surface area contributed by atoms with Crippen molar-refractivity contribution in [2.75, 3.05) is 0 Å². The number of allylic oxidation sites excluding steroid dienone is 1. The van der Waals surface area contributed by atoms with Crippen molar-refractivity contribution in [1.82, 2.24) is 0 Å². The molecule has 13 heavy (non-hydrogen) atoms. The number of carboxylic acids is 1. The van der Waals surface area contributed by atoms with Crippen molar-refractivity contribution >= 4 is 11.8 Å². The second-order valence-electron chi connectivity index (χ2n) is 3.83. The molecule has 3 heteroatoms. The monoisotopic (exact) mass is 184 g/mol. The summed E-state index contributed by atoms with van der Waals surface area (Å²) in [5, 5.41) is 8.28. The molecule has 1 N–H and O–H groups in total. The fraction of sp³-hybridized carbons (Fsp3) is 0.600. The minimum Gasteiger partial charge on any atom is -0.478 e. The van der Waals surface area contributed by atoms with Gasteiger partial charge in [0, 0.05) is 12.5 Å². The molecule has 0 saturated heterocycles. The van der Waals surface area contributed by atoms with Gasteiger partial charge in [-0.3, -0.25) is 4.79 Å². The summed E-state index contributed by atoms with van der Waals surface area (Å²) in [7, 11) is 0. The Bertz CT molecular complexity index is 226. The smallest absolute Gasteiger partial charge is 0.328 e. The SMILES string of the molecule is CCC(C)(C)CC(=O)C=CC(=O)O. The van der Waals surface area contributed by atoms with Crippen molar-refractivity contribution in [2.24, 2.45) is 5.41 Å². The molecule has 0 aromatic heterocycles. The zero-order valence-electron chi connectivity index (χ0n) is 8.33. The number of aliphatic carboxylic acids is 1. The molecule has 0 aliphatic carbocycles. The summed E-state index contributed by atoms with van der Waals surface area (Å²) in [5.41, 5.74) is -0.0417. The van der Waals surface area contributed by atoms with E-state index in [0.29, 0.717) is 6.42 Å². The Hall–Kier alpha value is -1.12. The van der Waals surface area contributed by atoms with Crippen LogP contribution in [0.3, 0.4) is 0 Å². The third-order valence-electron chi connectivity index (χ3n) is 2.02. The highest BCUT2D eigenvalue weighted by Crippen LogP contribution is 2.24. The van der Waals surface area contributed by atoms with Gasteiger partial charge in [-0.2, -0.15) is 0 Å². The van der Waals surface area contributed by atoms with Gasteiger partial charge in [0.25, 0.3) is 0 Å². The fourth-order valence-electron chi connectivity index (χ4n) is 0.820. The van der Waals surface area contributed by atoms with Crippen molar-refractivity contribution in [3.8, 4) is 0 Å². The minimum atomic E-state index is -1.08.